The highest BCUT2D eigenvalue weighted by Crippen LogP contribution is 2.66. The Morgan fingerprint density at radius 2 is 1.96 bits per heavy atom. The number of allylic oxidation sites excluding steroid dienone is 1. The predicted molar refractivity (Wildman–Crippen MR) is 96.2 cm³/mol. The number of carbonyl (C=O) groups is 2. The van der Waals surface area contributed by atoms with Crippen LogP contribution in [-0.2, 0) is 9.59 Å². The molecule has 3 atom stereocenters. The fourth-order valence-electron chi connectivity index (χ4n) is 5.04. The van der Waals surface area contributed by atoms with Gasteiger partial charge in [-0.1, -0.05) is 62.4 Å². The van der Waals surface area contributed by atoms with Crippen LogP contribution in [0.15, 0.2) is 48.6 Å². The summed E-state index contributed by atoms with van der Waals surface area (Å²) in [7, 11) is 0. The van der Waals surface area contributed by atoms with Crippen LogP contribution in [0.5, 0.6) is 0 Å². The monoisotopic (exact) mass is 323 g/mol. The third-order valence-electron chi connectivity index (χ3n) is 6.30. The lowest BCUT2D eigenvalue weighted by molar-refractivity contribution is -0.131. The number of nitrogens with one attached hydrogen (secondary N) is 1. The van der Waals surface area contributed by atoms with Gasteiger partial charge in [-0.2, -0.15) is 0 Å². The van der Waals surface area contributed by atoms with Crippen molar-refractivity contribution in [3.63, 3.8) is 0 Å². The molecule has 2 saturated carbocycles. The Bertz CT molecular complexity index is 717. The molecule has 0 heterocycles. The zero-order chi connectivity index (χ0) is 17.5. The smallest absolute Gasteiger partial charge is 0.243 e. The summed E-state index contributed by atoms with van der Waals surface area (Å²) in [6.07, 6.45) is 5.19. The van der Waals surface area contributed by atoms with E-state index in [-0.39, 0.29) is 23.0 Å². The summed E-state index contributed by atoms with van der Waals surface area (Å²) in [5.41, 5.74) is 1.54. The van der Waals surface area contributed by atoms with Gasteiger partial charge in [-0.05, 0) is 42.7 Å². The standard InChI is InChI=1S/C21H25NO2/c1-5-17(23)22-18-16-11-12-21(19(18)24,20(16,3)4)14(2)13-15-9-7-6-8-10-15/h5-10,13,16,18H,1,11-12H2,2-4H3,(H,22,23). The average Bonchev–Trinajstić information content (AvgIpc) is 2.91. The molecule has 0 aliphatic heterocycles. The van der Waals surface area contributed by atoms with E-state index in [1.165, 1.54) is 6.08 Å². The van der Waals surface area contributed by atoms with Crippen LogP contribution in [0.2, 0.25) is 0 Å². The molecule has 2 fully saturated rings. The Hall–Kier alpha value is -2.16. The molecular formula is C21H25NO2. The lowest BCUT2D eigenvalue weighted by Crippen LogP contribution is -2.46. The summed E-state index contributed by atoms with van der Waals surface area (Å²) in [6, 6.07) is 9.69. The van der Waals surface area contributed by atoms with Crippen LogP contribution in [0.1, 0.15) is 39.2 Å². The molecule has 3 nitrogen and oxygen atoms in total. The topological polar surface area (TPSA) is 46.2 Å². The van der Waals surface area contributed by atoms with Gasteiger partial charge in [0.1, 0.15) is 0 Å². The number of Topliss-reactive ketones (excluding diaryl/α,β-unsaturated/α-hetero) is 1. The minimum Gasteiger partial charge on any atom is -0.342 e. The predicted octanol–water partition coefficient (Wildman–Crippen LogP) is 3.77. The van der Waals surface area contributed by atoms with E-state index in [9.17, 15) is 9.59 Å². The Labute approximate surface area is 143 Å². The van der Waals surface area contributed by atoms with Gasteiger partial charge in [0, 0.05) is 0 Å². The zero-order valence-electron chi connectivity index (χ0n) is 14.6. The molecule has 0 saturated heterocycles. The van der Waals surface area contributed by atoms with Crippen LogP contribution in [-0.4, -0.2) is 17.7 Å². The molecular weight excluding hydrogens is 298 g/mol. The lowest BCUT2D eigenvalue weighted by Gasteiger charge is -2.37. The number of hydrogen-bond acceptors (Lipinski definition) is 2. The number of ketones is 1. The van der Waals surface area contributed by atoms with E-state index in [1.807, 2.05) is 18.2 Å². The van der Waals surface area contributed by atoms with Crippen LogP contribution >= 0.6 is 0 Å². The van der Waals surface area contributed by atoms with Gasteiger partial charge >= 0.3 is 0 Å². The molecule has 2 bridgehead atoms. The fraction of sp³-hybridized carbons (Fsp3) is 0.429. The van der Waals surface area contributed by atoms with Crippen molar-refractivity contribution in [1.29, 1.82) is 0 Å². The van der Waals surface area contributed by atoms with Crippen molar-refractivity contribution in [2.75, 3.05) is 0 Å². The third kappa shape index (κ3) is 2.18. The first-order valence-electron chi connectivity index (χ1n) is 8.55. The van der Waals surface area contributed by atoms with Gasteiger partial charge in [0.15, 0.2) is 5.78 Å². The van der Waals surface area contributed by atoms with Crippen LogP contribution in [0.4, 0.5) is 0 Å². The second kappa shape index (κ2) is 5.73. The molecule has 126 valence electrons. The van der Waals surface area contributed by atoms with E-state index < -0.39 is 11.5 Å². The number of carbonyl (C=O) groups excluding carboxylic acids is 2. The molecule has 1 aromatic carbocycles. The molecule has 2 aliphatic carbocycles. The maximum Gasteiger partial charge on any atom is 0.243 e. The molecule has 3 unspecified atom stereocenters. The molecule has 1 amide bonds. The van der Waals surface area contributed by atoms with Crippen LogP contribution in [0, 0.1) is 16.7 Å². The van der Waals surface area contributed by atoms with E-state index in [2.05, 4.69) is 50.9 Å². The molecule has 0 aromatic heterocycles. The summed E-state index contributed by atoms with van der Waals surface area (Å²) < 4.78 is 0. The molecule has 24 heavy (non-hydrogen) atoms. The van der Waals surface area contributed by atoms with Crippen molar-refractivity contribution >= 4 is 17.8 Å². The van der Waals surface area contributed by atoms with Crippen molar-refractivity contribution in [3.8, 4) is 0 Å². The fourth-order valence-corrected chi connectivity index (χ4v) is 5.04. The van der Waals surface area contributed by atoms with Gasteiger partial charge in [0.25, 0.3) is 0 Å². The van der Waals surface area contributed by atoms with E-state index in [0.717, 1.165) is 24.0 Å². The van der Waals surface area contributed by atoms with E-state index in [0.29, 0.717) is 0 Å². The SMILES string of the molecule is C=CC(=O)NC1C(=O)C2(C(C)=Cc3ccccc3)CCC1C2(C)C. The highest BCUT2D eigenvalue weighted by molar-refractivity contribution is 6.01. The summed E-state index contributed by atoms with van der Waals surface area (Å²) in [6.45, 7) is 9.91. The largest absolute Gasteiger partial charge is 0.342 e. The first-order valence-corrected chi connectivity index (χ1v) is 8.55. The second-order valence-electron chi connectivity index (χ2n) is 7.56. The number of amides is 1. The van der Waals surface area contributed by atoms with Gasteiger partial charge < -0.3 is 5.32 Å². The first-order chi connectivity index (χ1) is 11.3. The Kier molecular flexibility index (Phi) is 3.98. The average molecular weight is 323 g/mol. The van der Waals surface area contributed by atoms with Gasteiger partial charge in [0.2, 0.25) is 5.91 Å². The Balaban J connectivity index is 2.02. The van der Waals surface area contributed by atoms with Gasteiger partial charge in [-0.15, -0.1) is 0 Å². The Morgan fingerprint density at radius 1 is 1.29 bits per heavy atom. The third-order valence-corrected chi connectivity index (χ3v) is 6.30. The molecule has 3 rings (SSSR count). The van der Waals surface area contributed by atoms with Crippen molar-refractivity contribution in [2.24, 2.45) is 16.7 Å². The van der Waals surface area contributed by atoms with E-state index in [4.69, 9.17) is 0 Å². The highest BCUT2D eigenvalue weighted by Gasteiger charge is 2.69. The summed E-state index contributed by atoms with van der Waals surface area (Å²) >= 11 is 0. The van der Waals surface area contributed by atoms with Crippen LogP contribution in [0.25, 0.3) is 6.08 Å². The van der Waals surface area contributed by atoms with Gasteiger partial charge in [0.05, 0.1) is 11.5 Å². The maximum atomic E-state index is 13.3. The molecule has 0 spiro atoms. The van der Waals surface area contributed by atoms with Crippen molar-refractivity contribution in [3.05, 3.63) is 54.1 Å². The minimum atomic E-state index is -0.493. The molecule has 1 aromatic rings. The van der Waals surface area contributed by atoms with Crippen LogP contribution in [0.3, 0.4) is 0 Å². The maximum absolute atomic E-state index is 13.3. The second-order valence-corrected chi connectivity index (χ2v) is 7.56. The quantitative estimate of drug-likeness (QED) is 0.858. The Morgan fingerprint density at radius 3 is 2.58 bits per heavy atom. The zero-order valence-corrected chi connectivity index (χ0v) is 14.6. The van der Waals surface area contributed by atoms with Crippen molar-refractivity contribution in [2.45, 2.75) is 39.7 Å². The number of hydrogen-bond donors (Lipinski definition) is 1. The molecule has 1 N–H and O–H groups in total. The van der Waals surface area contributed by atoms with E-state index in [1.54, 1.807) is 0 Å². The summed E-state index contributed by atoms with van der Waals surface area (Å²) in [5.74, 6) is 0.0631. The molecule has 2 aliphatic rings. The first kappa shape index (κ1) is 16.7. The number of benzene rings is 1. The van der Waals surface area contributed by atoms with Crippen molar-refractivity contribution in [1.82, 2.24) is 5.32 Å². The molecule has 0 radical (unpaired) electrons. The summed E-state index contributed by atoms with van der Waals surface area (Å²) in [5, 5.41) is 2.88. The molecule has 3 heteroatoms. The van der Waals surface area contributed by atoms with Crippen molar-refractivity contribution < 1.29 is 9.59 Å². The highest BCUT2D eigenvalue weighted by atomic mass is 16.2. The normalized spacial score (nSPS) is 31.1. The number of rotatable bonds is 4. The van der Waals surface area contributed by atoms with E-state index >= 15 is 0 Å². The lowest BCUT2D eigenvalue weighted by atomic mass is 9.64. The minimum absolute atomic E-state index is 0.156. The van der Waals surface area contributed by atoms with Gasteiger partial charge in [-0.3, -0.25) is 9.59 Å². The van der Waals surface area contributed by atoms with Crippen LogP contribution < -0.4 is 5.32 Å². The van der Waals surface area contributed by atoms with Gasteiger partial charge in [-0.25, -0.2) is 0 Å². The summed E-state index contributed by atoms with van der Waals surface area (Å²) in [4.78, 5) is 25.1. The number of fused-ring (bicyclic) bond motifs is 2.